The van der Waals surface area contributed by atoms with Crippen LogP contribution in [0.5, 0.6) is 0 Å². The van der Waals surface area contributed by atoms with E-state index < -0.39 is 11.9 Å². The predicted octanol–water partition coefficient (Wildman–Crippen LogP) is 3.53. The number of rotatable bonds is 5. The van der Waals surface area contributed by atoms with E-state index in [2.05, 4.69) is 15.5 Å². The zero-order valence-electron chi connectivity index (χ0n) is 17.1. The second-order valence-electron chi connectivity index (χ2n) is 7.94. The lowest BCUT2D eigenvalue weighted by Crippen LogP contribution is -2.43. The first-order chi connectivity index (χ1) is 14.4. The fraction of sp³-hybridized carbons (Fsp3) is 0.348. The van der Waals surface area contributed by atoms with Crippen LogP contribution in [-0.2, 0) is 14.3 Å². The van der Waals surface area contributed by atoms with Crippen LogP contribution >= 0.6 is 0 Å². The van der Waals surface area contributed by atoms with Gasteiger partial charge in [0.25, 0.3) is 5.91 Å². The molecule has 2 amide bonds. The molecule has 7 nitrogen and oxygen atoms in total. The standard InChI is InChI=1S/C23H25N3O4/c1-14(2)16-6-3-4-7-17(16)24-21(27)13-30-23(29)15-9-10-19-18(12-15)25-22(28)20-8-5-11-26(19)20/h3-4,6-7,9-10,12,14,20H,5,8,11,13H2,1-2H3,(H,24,27)(H,25,28)/t20-/m1/s1. The van der Waals surface area contributed by atoms with Crippen LogP contribution in [0.3, 0.4) is 0 Å². The minimum Gasteiger partial charge on any atom is -0.452 e. The zero-order chi connectivity index (χ0) is 21.3. The van der Waals surface area contributed by atoms with Gasteiger partial charge < -0.3 is 20.3 Å². The summed E-state index contributed by atoms with van der Waals surface area (Å²) in [6, 6.07) is 12.5. The van der Waals surface area contributed by atoms with Gasteiger partial charge >= 0.3 is 5.97 Å². The van der Waals surface area contributed by atoms with Gasteiger partial charge in [0.15, 0.2) is 6.61 Å². The van der Waals surface area contributed by atoms with Crippen molar-refractivity contribution in [1.82, 2.24) is 0 Å². The van der Waals surface area contributed by atoms with E-state index in [1.54, 1.807) is 12.1 Å². The van der Waals surface area contributed by atoms with E-state index in [4.69, 9.17) is 4.74 Å². The summed E-state index contributed by atoms with van der Waals surface area (Å²) >= 11 is 0. The maximum Gasteiger partial charge on any atom is 0.338 e. The van der Waals surface area contributed by atoms with Crippen LogP contribution in [0, 0.1) is 0 Å². The lowest BCUT2D eigenvalue weighted by atomic mass is 10.0. The Hall–Kier alpha value is -3.35. The van der Waals surface area contributed by atoms with E-state index in [-0.39, 0.29) is 24.5 Å². The Morgan fingerprint density at radius 1 is 1.23 bits per heavy atom. The molecule has 0 unspecified atom stereocenters. The second-order valence-corrected chi connectivity index (χ2v) is 7.94. The first-order valence-electron chi connectivity index (χ1n) is 10.2. The molecule has 0 aliphatic carbocycles. The molecule has 2 aromatic rings. The van der Waals surface area contributed by atoms with Gasteiger partial charge in [-0.2, -0.15) is 0 Å². The van der Waals surface area contributed by atoms with Gasteiger partial charge in [0.2, 0.25) is 5.91 Å². The molecule has 0 bridgehead atoms. The highest BCUT2D eigenvalue weighted by Crippen LogP contribution is 2.37. The molecular weight excluding hydrogens is 382 g/mol. The maximum atomic E-state index is 12.4. The normalized spacial score (nSPS) is 17.2. The van der Waals surface area contributed by atoms with E-state index >= 15 is 0 Å². The monoisotopic (exact) mass is 407 g/mol. The molecular formula is C23H25N3O4. The highest BCUT2D eigenvalue weighted by Gasteiger charge is 2.36. The van der Waals surface area contributed by atoms with Crippen molar-refractivity contribution in [2.45, 2.75) is 38.6 Å². The number of carbonyl (C=O) groups is 3. The zero-order valence-corrected chi connectivity index (χ0v) is 17.1. The molecule has 1 saturated heterocycles. The van der Waals surface area contributed by atoms with E-state index in [0.717, 1.165) is 30.6 Å². The highest BCUT2D eigenvalue weighted by molar-refractivity contribution is 6.05. The number of anilines is 3. The van der Waals surface area contributed by atoms with Gasteiger partial charge in [0.1, 0.15) is 6.04 Å². The van der Waals surface area contributed by atoms with Gasteiger partial charge in [-0.25, -0.2) is 4.79 Å². The van der Waals surface area contributed by atoms with Crippen molar-refractivity contribution >= 4 is 34.8 Å². The quantitative estimate of drug-likeness (QED) is 0.741. The van der Waals surface area contributed by atoms with Crippen molar-refractivity contribution in [3.8, 4) is 0 Å². The summed E-state index contributed by atoms with van der Waals surface area (Å²) in [7, 11) is 0. The molecule has 1 atom stereocenters. The summed E-state index contributed by atoms with van der Waals surface area (Å²) in [5.74, 6) is -0.802. The number of esters is 1. The van der Waals surface area contributed by atoms with E-state index in [0.29, 0.717) is 16.9 Å². The van der Waals surface area contributed by atoms with E-state index in [1.165, 1.54) is 0 Å². The molecule has 0 radical (unpaired) electrons. The first kappa shape index (κ1) is 19.9. The molecule has 1 fully saturated rings. The van der Waals surface area contributed by atoms with Crippen molar-refractivity contribution < 1.29 is 19.1 Å². The molecule has 0 spiro atoms. The summed E-state index contributed by atoms with van der Waals surface area (Å²) in [6.07, 6.45) is 1.81. The molecule has 4 rings (SSSR count). The lowest BCUT2D eigenvalue weighted by Gasteiger charge is -2.33. The number of benzene rings is 2. The molecule has 2 N–H and O–H groups in total. The fourth-order valence-electron chi connectivity index (χ4n) is 4.07. The molecule has 0 saturated carbocycles. The van der Waals surface area contributed by atoms with Gasteiger partial charge in [-0.3, -0.25) is 9.59 Å². The Morgan fingerprint density at radius 3 is 2.83 bits per heavy atom. The molecule has 7 heteroatoms. The van der Waals surface area contributed by atoms with E-state index in [1.807, 2.05) is 44.2 Å². The number of hydrogen-bond acceptors (Lipinski definition) is 5. The van der Waals surface area contributed by atoms with Gasteiger partial charge in [0, 0.05) is 12.2 Å². The summed E-state index contributed by atoms with van der Waals surface area (Å²) in [5, 5.41) is 5.67. The van der Waals surface area contributed by atoms with Crippen LogP contribution in [0.4, 0.5) is 17.1 Å². The second kappa shape index (κ2) is 8.18. The average molecular weight is 407 g/mol. The van der Waals surface area contributed by atoms with Crippen LogP contribution in [0.25, 0.3) is 0 Å². The number of amides is 2. The Balaban J connectivity index is 1.40. The number of hydrogen-bond donors (Lipinski definition) is 2. The Kier molecular flexibility index (Phi) is 5.44. The topological polar surface area (TPSA) is 87.7 Å². The summed E-state index contributed by atoms with van der Waals surface area (Å²) in [4.78, 5) is 39.0. The molecule has 2 aliphatic heterocycles. The van der Waals surface area contributed by atoms with Crippen molar-refractivity contribution in [3.05, 3.63) is 53.6 Å². The van der Waals surface area contributed by atoms with Gasteiger partial charge in [-0.15, -0.1) is 0 Å². The summed E-state index contributed by atoms with van der Waals surface area (Å²) in [5.41, 5.74) is 3.54. The molecule has 2 heterocycles. The molecule has 2 aromatic carbocycles. The summed E-state index contributed by atoms with van der Waals surface area (Å²) in [6.45, 7) is 4.53. The average Bonchev–Trinajstić information content (AvgIpc) is 3.23. The van der Waals surface area contributed by atoms with Crippen LogP contribution in [0.2, 0.25) is 0 Å². The third kappa shape index (κ3) is 3.87. The number of fused-ring (bicyclic) bond motifs is 3. The van der Waals surface area contributed by atoms with Crippen molar-refractivity contribution in [1.29, 1.82) is 0 Å². The number of carbonyl (C=O) groups excluding carboxylic acids is 3. The van der Waals surface area contributed by atoms with Gasteiger partial charge in [-0.1, -0.05) is 32.0 Å². The van der Waals surface area contributed by atoms with Gasteiger partial charge in [0.05, 0.1) is 16.9 Å². The minimum absolute atomic E-state index is 0.0475. The predicted molar refractivity (Wildman–Crippen MR) is 115 cm³/mol. The van der Waals surface area contributed by atoms with Crippen molar-refractivity contribution in [3.63, 3.8) is 0 Å². The number of ether oxygens (including phenoxy) is 1. The lowest BCUT2D eigenvalue weighted by molar-refractivity contribution is -0.119. The van der Waals surface area contributed by atoms with Crippen LogP contribution in [0.1, 0.15) is 48.5 Å². The molecule has 2 aliphatic rings. The maximum absolute atomic E-state index is 12.4. The van der Waals surface area contributed by atoms with Gasteiger partial charge in [-0.05, 0) is 48.6 Å². The van der Waals surface area contributed by atoms with Crippen molar-refractivity contribution in [2.24, 2.45) is 0 Å². The van der Waals surface area contributed by atoms with Crippen LogP contribution in [-0.4, -0.2) is 37.0 Å². The third-order valence-electron chi connectivity index (χ3n) is 5.55. The molecule has 156 valence electrons. The fourth-order valence-corrected chi connectivity index (χ4v) is 4.07. The van der Waals surface area contributed by atoms with Crippen molar-refractivity contribution in [2.75, 3.05) is 28.7 Å². The number of nitrogens with one attached hydrogen (secondary N) is 2. The van der Waals surface area contributed by atoms with E-state index in [9.17, 15) is 14.4 Å². The van der Waals surface area contributed by atoms with Crippen LogP contribution in [0.15, 0.2) is 42.5 Å². The number of para-hydroxylation sites is 1. The Morgan fingerprint density at radius 2 is 2.03 bits per heavy atom. The molecule has 30 heavy (non-hydrogen) atoms. The number of nitrogens with zero attached hydrogens (tertiary/aromatic N) is 1. The highest BCUT2D eigenvalue weighted by atomic mass is 16.5. The minimum atomic E-state index is -0.608. The summed E-state index contributed by atoms with van der Waals surface area (Å²) < 4.78 is 5.19. The Labute approximate surface area is 175 Å². The smallest absolute Gasteiger partial charge is 0.338 e. The largest absolute Gasteiger partial charge is 0.452 e. The third-order valence-corrected chi connectivity index (χ3v) is 5.55. The SMILES string of the molecule is CC(C)c1ccccc1NC(=O)COC(=O)c1ccc2c(c1)NC(=O)[C@H]1CCCN21. The van der Waals surface area contributed by atoms with Crippen LogP contribution < -0.4 is 15.5 Å². The molecule has 0 aromatic heterocycles. The Bertz CT molecular complexity index is 1000. The first-order valence-corrected chi connectivity index (χ1v) is 10.2.